The van der Waals surface area contributed by atoms with Crippen molar-refractivity contribution in [2.75, 3.05) is 13.1 Å². The molecule has 3 aromatic carbocycles. The molecule has 0 radical (unpaired) electrons. The summed E-state index contributed by atoms with van der Waals surface area (Å²) >= 11 is 0. The Balaban J connectivity index is 1.43. The van der Waals surface area contributed by atoms with Gasteiger partial charge in [0.15, 0.2) is 5.43 Å². The Labute approximate surface area is 175 Å². The molecule has 150 valence electrons. The van der Waals surface area contributed by atoms with Gasteiger partial charge in [-0.15, -0.1) is 0 Å². The Hall–Kier alpha value is -3.40. The highest BCUT2D eigenvalue weighted by Crippen LogP contribution is 2.28. The number of rotatable bonds is 3. The van der Waals surface area contributed by atoms with Crippen molar-refractivity contribution < 1.29 is 4.79 Å². The van der Waals surface area contributed by atoms with Crippen molar-refractivity contribution in [2.24, 2.45) is 0 Å². The predicted octanol–water partition coefficient (Wildman–Crippen LogP) is 4.56. The number of nitrogens with zero attached hydrogens (tertiary/aromatic N) is 2. The summed E-state index contributed by atoms with van der Waals surface area (Å²) in [6.07, 6.45) is 1.98. The highest BCUT2D eigenvalue weighted by molar-refractivity contribution is 5.94. The standard InChI is InChI=1S/C26H24N2O2/c29-25(27-16-14-20(15-17-27)19-8-2-1-3-9-19)18-28-23-12-6-4-10-21(23)26(30)22-11-5-7-13-24(22)28/h1-13,20H,14-18H2. The van der Waals surface area contributed by atoms with Crippen molar-refractivity contribution in [1.82, 2.24) is 9.47 Å². The van der Waals surface area contributed by atoms with E-state index in [1.165, 1.54) is 5.56 Å². The minimum Gasteiger partial charge on any atom is -0.341 e. The zero-order valence-electron chi connectivity index (χ0n) is 16.8. The van der Waals surface area contributed by atoms with Crippen LogP contribution in [0.5, 0.6) is 0 Å². The van der Waals surface area contributed by atoms with Crippen LogP contribution >= 0.6 is 0 Å². The van der Waals surface area contributed by atoms with E-state index in [-0.39, 0.29) is 17.9 Å². The molecule has 0 spiro atoms. The molecule has 1 saturated heterocycles. The first-order valence-electron chi connectivity index (χ1n) is 10.6. The van der Waals surface area contributed by atoms with Crippen LogP contribution < -0.4 is 5.43 Å². The topological polar surface area (TPSA) is 42.3 Å². The van der Waals surface area contributed by atoms with Crippen LogP contribution in [0.15, 0.2) is 83.7 Å². The Kier molecular flexibility index (Phi) is 4.83. The summed E-state index contributed by atoms with van der Waals surface area (Å²) in [4.78, 5) is 28.1. The van der Waals surface area contributed by atoms with Crippen LogP contribution in [-0.4, -0.2) is 28.5 Å². The zero-order chi connectivity index (χ0) is 20.5. The Morgan fingerprint density at radius 3 is 1.90 bits per heavy atom. The summed E-state index contributed by atoms with van der Waals surface area (Å²) in [5.41, 5.74) is 3.01. The number of pyridine rings is 1. The fraction of sp³-hybridized carbons (Fsp3) is 0.231. The molecular formula is C26H24N2O2. The van der Waals surface area contributed by atoms with Gasteiger partial charge in [-0.2, -0.15) is 0 Å². The number of para-hydroxylation sites is 2. The molecule has 2 heterocycles. The van der Waals surface area contributed by atoms with E-state index in [0.717, 1.165) is 37.0 Å². The minimum absolute atomic E-state index is 0.0218. The molecule has 0 aliphatic carbocycles. The molecule has 0 unspecified atom stereocenters. The summed E-state index contributed by atoms with van der Waals surface area (Å²) in [7, 11) is 0. The van der Waals surface area contributed by atoms with Gasteiger partial charge in [-0.05, 0) is 48.6 Å². The second kappa shape index (κ2) is 7.79. The van der Waals surface area contributed by atoms with E-state index in [1.54, 1.807) is 0 Å². The predicted molar refractivity (Wildman–Crippen MR) is 121 cm³/mol. The smallest absolute Gasteiger partial charge is 0.242 e. The van der Waals surface area contributed by atoms with Crippen molar-refractivity contribution >= 4 is 27.7 Å². The molecule has 4 nitrogen and oxygen atoms in total. The number of amides is 1. The fourth-order valence-electron chi connectivity index (χ4n) is 4.67. The van der Waals surface area contributed by atoms with E-state index in [2.05, 4.69) is 24.3 Å². The van der Waals surface area contributed by atoms with Crippen LogP contribution in [-0.2, 0) is 11.3 Å². The molecular weight excluding hydrogens is 372 g/mol. The highest BCUT2D eigenvalue weighted by Gasteiger charge is 2.24. The van der Waals surface area contributed by atoms with Gasteiger partial charge >= 0.3 is 0 Å². The van der Waals surface area contributed by atoms with E-state index >= 15 is 0 Å². The summed E-state index contributed by atoms with van der Waals surface area (Å²) in [6.45, 7) is 1.79. The maximum Gasteiger partial charge on any atom is 0.242 e. The molecule has 1 fully saturated rings. The summed E-state index contributed by atoms with van der Waals surface area (Å²) in [5.74, 6) is 0.629. The molecule has 5 rings (SSSR count). The van der Waals surface area contributed by atoms with Crippen molar-refractivity contribution in [2.45, 2.75) is 25.3 Å². The molecule has 4 heteroatoms. The van der Waals surface area contributed by atoms with E-state index < -0.39 is 0 Å². The number of likely N-dealkylation sites (tertiary alicyclic amines) is 1. The second-order valence-corrected chi connectivity index (χ2v) is 8.02. The van der Waals surface area contributed by atoms with Crippen LogP contribution in [0.25, 0.3) is 21.8 Å². The highest BCUT2D eigenvalue weighted by atomic mass is 16.2. The van der Waals surface area contributed by atoms with Crippen molar-refractivity contribution in [3.8, 4) is 0 Å². The quantitative estimate of drug-likeness (QED) is 0.477. The van der Waals surface area contributed by atoms with Gasteiger partial charge in [0.2, 0.25) is 5.91 Å². The van der Waals surface area contributed by atoms with Gasteiger partial charge in [-0.25, -0.2) is 0 Å². The number of benzene rings is 3. The van der Waals surface area contributed by atoms with Crippen LogP contribution in [0.2, 0.25) is 0 Å². The third kappa shape index (κ3) is 3.28. The van der Waals surface area contributed by atoms with Gasteiger partial charge in [0.1, 0.15) is 6.54 Å². The van der Waals surface area contributed by atoms with Gasteiger partial charge in [0.05, 0.1) is 11.0 Å². The Morgan fingerprint density at radius 2 is 1.30 bits per heavy atom. The van der Waals surface area contributed by atoms with Crippen molar-refractivity contribution in [3.63, 3.8) is 0 Å². The molecule has 0 saturated carbocycles. The average Bonchev–Trinajstić information content (AvgIpc) is 2.82. The zero-order valence-corrected chi connectivity index (χ0v) is 16.8. The van der Waals surface area contributed by atoms with Crippen molar-refractivity contribution in [1.29, 1.82) is 0 Å². The summed E-state index contributed by atoms with van der Waals surface area (Å²) in [6, 6.07) is 25.7. The SMILES string of the molecule is O=C(Cn1c2ccccc2c(=O)c2ccccc21)N1CCC(c2ccccc2)CC1. The summed E-state index contributed by atoms with van der Waals surface area (Å²) < 4.78 is 2.00. The first-order valence-corrected chi connectivity index (χ1v) is 10.6. The normalized spacial score (nSPS) is 15.0. The number of fused-ring (bicyclic) bond motifs is 2. The average molecular weight is 396 g/mol. The fourth-order valence-corrected chi connectivity index (χ4v) is 4.67. The molecule has 0 atom stereocenters. The maximum absolute atomic E-state index is 13.2. The van der Waals surface area contributed by atoms with Gasteiger partial charge in [-0.3, -0.25) is 9.59 Å². The minimum atomic E-state index is 0.0218. The molecule has 0 N–H and O–H groups in total. The Bertz CT molecular complexity index is 1210. The molecule has 1 aliphatic heterocycles. The third-order valence-corrected chi connectivity index (χ3v) is 6.29. The lowest BCUT2D eigenvalue weighted by molar-refractivity contribution is -0.132. The number of hydrogen-bond acceptors (Lipinski definition) is 2. The Morgan fingerprint density at radius 1 is 0.767 bits per heavy atom. The van der Waals surface area contributed by atoms with E-state index in [1.807, 2.05) is 64.1 Å². The lowest BCUT2D eigenvalue weighted by Gasteiger charge is -2.32. The largest absolute Gasteiger partial charge is 0.341 e. The van der Waals surface area contributed by atoms with E-state index in [0.29, 0.717) is 16.7 Å². The van der Waals surface area contributed by atoms with Gasteiger partial charge in [-0.1, -0.05) is 54.6 Å². The van der Waals surface area contributed by atoms with Gasteiger partial charge < -0.3 is 9.47 Å². The summed E-state index contributed by atoms with van der Waals surface area (Å²) in [5, 5.41) is 1.32. The lowest BCUT2D eigenvalue weighted by Crippen LogP contribution is -2.40. The number of carbonyl (C=O) groups excluding carboxylic acids is 1. The number of piperidine rings is 1. The molecule has 4 aromatic rings. The monoisotopic (exact) mass is 396 g/mol. The molecule has 0 bridgehead atoms. The van der Waals surface area contributed by atoms with Crippen LogP contribution in [0, 0.1) is 0 Å². The van der Waals surface area contributed by atoms with Crippen LogP contribution in [0.3, 0.4) is 0 Å². The van der Waals surface area contributed by atoms with Crippen molar-refractivity contribution in [3.05, 3.63) is 94.6 Å². The second-order valence-electron chi connectivity index (χ2n) is 8.02. The van der Waals surface area contributed by atoms with Crippen LogP contribution in [0.4, 0.5) is 0 Å². The van der Waals surface area contributed by atoms with E-state index in [4.69, 9.17) is 0 Å². The molecule has 30 heavy (non-hydrogen) atoms. The first kappa shape index (κ1) is 18.6. The molecule has 1 amide bonds. The van der Waals surface area contributed by atoms with Crippen LogP contribution in [0.1, 0.15) is 24.3 Å². The van der Waals surface area contributed by atoms with E-state index in [9.17, 15) is 9.59 Å². The third-order valence-electron chi connectivity index (χ3n) is 6.29. The number of hydrogen-bond donors (Lipinski definition) is 0. The van der Waals surface area contributed by atoms with Gasteiger partial charge in [0.25, 0.3) is 0 Å². The molecule has 1 aromatic heterocycles. The number of aromatic nitrogens is 1. The van der Waals surface area contributed by atoms with Gasteiger partial charge in [0, 0.05) is 23.9 Å². The molecule has 1 aliphatic rings. The lowest BCUT2D eigenvalue weighted by atomic mass is 9.89. The maximum atomic E-state index is 13.2. The first-order chi connectivity index (χ1) is 14.7. The number of carbonyl (C=O) groups is 1.